The molecule has 0 aliphatic heterocycles. The van der Waals surface area contributed by atoms with Crippen LogP contribution in [-0.4, -0.2) is 30.5 Å². The van der Waals surface area contributed by atoms with Crippen LogP contribution in [-0.2, 0) is 15.2 Å². The Hall–Kier alpha value is -1.88. The highest BCUT2D eigenvalue weighted by atomic mass is 16.3. The second-order valence-electron chi connectivity index (χ2n) is 4.83. The molecule has 2 rings (SSSR count). The Labute approximate surface area is 112 Å². The van der Waals surface area contributed by atoms with E-state index in [0.29, 0.717) is 0 Å². The maximum atomic E-state index is 11.5. The molecule has 5 heteroatoms. The Kier molecular flexibility index (Phi) is 3.85. The molecular formula is C14H18N2O3. The first-order valence-corrected chi connectivity index (χ1v) is 6.35. The number of amides is 2. The summed E-state index contributed by atoms with van der Waals surface area (Å²) in [4.78, 5) is 22.6. The lowest BCUT2D eigenvalue weighted by Gasteiger charge is -2.29. The van der Waals surface area contributed by atoms with Gasteiger partial charge >= 0.3 is 11.8 Å². The summed E-state index contributed by atoms with van der Waals surface area (Å²) in [5, 5.41) is 15.5. The molecule has 5 nitrogen and oxygen atoms in total. The summed E-state index contributed by atoms with van der Waals surface area (Å²) in [7, 11) is 1.40. The van der Waals surface area contributed by atoms with Crippen molar-refractivity contribution in [2.75, 3.05) is 13.6 Å². The highest BCUT2D eigenvalue weighted by Crippen LogP contribution is 2.45. The van der Waals surface area contributed by atoms with Gasteiger partial charge in [-0.05, 0) is 24.3 Å². The molecular weight excluding hydrogens is 244 g/mol. The zero-order chi connectivity index (χ0) is 13.9. The van der Waals surface area contributed by atoms with E-state index >= 15 is 0 Å². The first-order valence-electron chi connectivity index (χ1n) is 6.35. The first-order chi connectivity index (χ1) is 9.08. The molecule has 1 atom stereocenters. The summed E-state index contributed by atoms with van der Waals surface area (Å²) in [6.45, 7) is 0.0495. The van der Waals surface area contributed by atoms with Gasteiger partial charge in [-0.15, -0.1) is 0 Å². The summed E-state index contributed by atoms with van der Waals surface area (Å²) < 4.78 is 0. The summed E-state index contributed by atoms with van der Waals surface area (Å²) >= 11 is 0. The zero-order valence-electron chi connectivity index (χ0n) is 10.8. The highest BCUT2D eigenvalue weighted by molar-refractivity contribution is 6.35. The summed E-state index contributed by atoms with van der Waals surface area (Å²) in [5.41, 5.74) is -0.319. The van der Waals surface area contributed by atoms with E-state index in [0.717, 1.165) is 18.4 Å². The number of nitrogens with one attached hydrogen (secondary N) is 2. The predicted octanol–water partition coefficient (Wildman–Crippen LogP) is 0.146. The lowest BCUT2D eigenvalue weighted by molar-refractivity contribution is -0.139. The van der Waals surface area contributed by atoms with Crippen LogP contribution in [0.1, 0.15) is 18.4 Å². The first kappa shape index (κ1) is 13.5. The number of likely N-dealkylation sites (N-methyl/N-ethyl adjacent to an activating group) is 1. The van der Waals surface area contributed by atoms with E-state index in [9.17, 15) is 14.7 Å². The smallest absolute Gasteiger partial charge is 0.309 e. The topological polar surface area (TPSA) is 78.4 Å². The van der Waals surface area contributed by atoms with Crippen LogP contribution in [0.4, 0.5) is 0 Å². The van der Waals surface area contributed by atoms with Crippen LogP contribution in [0, 0.1) is 5.92 Å². The van der Waals surface area contributed by atoms with Crippen molar-refractivity contribution in [1.29, 1.82) is 0 Å². The second kappa shape index (κ2) is 5.40. The van der Waals surface area contributed by atoms with E-state index in [4.69, 9.17) is 0 Å². The second-order valence-corrected chi connectivity index (χ2v) is 4.83. The maximum Gasteiger partial charge on any atom is 0.309 e. The van der Waals surface area contributed by atoms with Crippen LogP contribution in [0.15, 0.2) is 30.3 Å². The maximum absolute atomic E-state index is 11.5. The van der Waals surface area contributed by atoms with Crippen LogP contribution in [0.5, 0.6) is 0 Å². The van der Waals surface area contributed by atoms with Crippen molar-refractivity contribution in [2.45, 2.75) is 18.4 Å². The number of carbonyl (C=O) groups excluding carboxylic acids is 2. The molecule has 1 aromatic rings. The van der Waals surface area contributed by atoms with Gasteiger partial charge in [-0.25, -0.2) is 0 Å². The summed E-state index contributed by atoms with van der Waals surface area (Å²) in [6.07, 6.45) is 1.86. The third-order valence-electron chi connectivity index (χ3n) is 3.48. The summed E-state index contributed by atoms with van der Waals surface area (Å²) in [5.74, 6) is -1.29. The van der Waals surface area contributed by atoms with Gasteiger partial charge in [0.05, 0.1) is 6.54 Å². The minimum atomic E-state index is -1.09. The van der Waals surface area contributed by atoms with Crippen molar-refractivity contribution in [2.24, 2.45) is 5.92 Å². The largest absolute Gasteiger partial charge is 0.383 e. The van der Waals surface area contributed by atoms with Crippen molar-refractivity contribution in [3.8, 4) is 0 Å². The number of benzene rings is 1. The van der Waals surface area contributed by atoms with E-state index in [2.05, 4.69) is 10.6 Å². The highest BCUT2D eigenvalue weighted by Gasteiger charge is 2.45. The monoisotopic (exact) mass is 262 g/mol. The van der Waals surface area contributed by atoms with Crippen LogP contribution in [0.2, 0.25) is 0 Å². The minimum Gasteiger partial charge on any atom is -0.383 e. The molecule has 19 heavy (non-hydrogen) atoms. The third kappa shape index (κ3) is 2.93. The van der Waals surface area contributed by atoms with Gasteiger partial charge in [0.2, 0.25) is 0 Å². The van der Waals surface area contributed by atoms with Crippen LogP contribution in [0.3, 0.4) is 0 Å². The molecule has 0 heterocycles. The van der Waals surface area contributed by atoms with E-state index in [1.54, 1.807) is 0 Å². The molecule has 1 saturated carbocycles. The molecule has 1 fully saturated rings. The van der Waals surface area contributed by atoms with Crippen molar-refractivity contribution in [3.63, 3.8) is 0 Å². The van der Waals surface area contributed by atoms with Crippen molar-refractivity contribution in [3.05, 3.63) is 35.9 Å². The lowest BCUT2D eigenvalue weighted by Crippen LogP contribution is -2.46. The van der Waals surface area contributed by atoms with E-state index in [1.165, 1.54) is 7.05 Å². The van der Waals surface area contributed by atoms with Crippen molar-refractivity contribution in [1.82, 2.24) is 10.6 Å². The average molecular weight is 262 g/mol. The van der Waals surface area contributed by atoms with Gasteiger partial charge < -0.3 is 15.7 Å². The number of aliphatic hydroxyl groups is 1. The van der Waals surface area contributed by atoms with Gasteiger partial charge in [-0.1, -0.05) is 30.3 Å². The Bertz CT molecular complexity index is 471. The van der Waals surface area contributed by atoms with E-state index in [1.807, 2.05) is 30.3 Å². The molecule has 1 unspecified atom stereocenters. The van der Waals surface area contributed by atoms with Crippen LogP contribution >= 0.6 is 0 Å². The van der Waals surface area contributed by atoms with Crippen LogP contribution < -0.4 is 10.6 Å². The number of hydrogen-bond acceptors (Lipinski definition) is 3. The number of carbonyl (C=O) groups is 2. The van der Waals surface area contributed by atoms with Crippen LogP contribution in [0.25, 0.3) is 0 Å². The standard InChI is InChI=1S/C14H18N2O3/c1-15-12(17)13(18)16-9-14(19,11-7-8-11)10-5-3-2-4-6-10/h2-6,11,19H,7-9H2,1H3,(H,15,17)(H,16,18). The molecule has 1 aliphatic carbocycles. The fraction of sp³-hybridized carbons (Fsp3) is 0.429. The predicted molar refractivity (Wildman–Crippen MR) is 70.1 cm³/mol. The Balaban J connectivity index is 2.09. The Morgan fingerprint density at radius 3 is 2.42 bits per heavy atom. The van der Waals surface area contributed by atoms with Gasteiger partial charge in [-0.2, -0.15) is 0 Å². The van der Waals surface area contributed by atoms with E-state index in [-0.39, 0.29) is 12.5 Å². The van der Waals surface area contributed by atoms with Gasteiger partial charge in [0, 0.05) is 7.05 Å². The Morgan fingerprint density at radius 1 is 1.26 bits per heavy atom. The van der Waals surface area contributed by atoms with Gasteiger partial charge in [0.15, 0.2) is 0 Å². The molecule has 0 saturated heterocycles. The molecule has 0 spiro atoms. The molecule has 0 radical (unpaired) electrons. The zero-order valence-corrected chi connectivity index (χ0v) is 10.8. The molecule has 1 aromatic carbocycles. The van der Waals surface area contributed by atoms with Gasteiger partial charge in [0.1, 0.15) is 5.60 Å². The van der Waals surface area contributed by atoms with Crippen molar-refractivity contribution >= 4 is 11.8 Å². The fourth-order valence-electron chi connectivity index (χ4n) is 2.18. The molecule has 1 aliphatic rings. The van der Waals surface area contributed by atoms with Crippen molar-refractivity contribution < 1.29 is 14.7 Å². The molecule has 0 bridgehead atoms. The Morgan fingerprint density at radius 2 is 1.89 bits per heavy atom. The average Bonchev–Trinajstić information content (AvgIpc) is 3.29. The molecule has 3 N–H and O–H groups in total. The SMILES string of the molecule is CNC(=O)C(=O)NCC(O)(c1ccccc1)C1CC1. The van der Waals surface area contributed by atoms with Gasteiger partial charge in [-0.3, -0.25) is 9.59 Å². The fourth-order valence-corrected chi connectivity index (χ4v) is 2.18. The molecule has 0 aromatic heterocycles. The normalized spacial score (nSPS) is 17.4. The third-order valence-corrected chi connectivity index (χ3v) is 3.48. The van der Waals surface area contributed by atoms with Gasteiger partial charge in [0.25, 0.3) is 0 Å². The quantitative estimate of drug-likeness (QED) is 0.676. The summed E-state index contributed by atoms with van der Waals surface area (Å²) in [6, 6.07) is 9.25. The van der Waals surface area contributed by atoms with E-state index < -0.39 is 17.4 Å². The minimum absolute atomic E-state index is 0.0495. The molecule has 102 valence electrons. The lowest BCUT2D eigenvalue weighted by atomic mass is 9.88. The molecule has 2 amide bonds. The number of rotatable bonds is 4. The number of hydrogen-bond donors (Lipinski definition) is 3.